The number of benzene rings is 2. The van der Waals surface area contributed by atoms with E-state index in [1.54, 1.807) is 0 Å². The zero-order chi connectivity index (χ0) is 22.8. The summed E-state index contributed by atoms with van der Waals surface area (Å²) in [5.41, 5.74) is 10.2. The van der Waals surface area contributed by atoms with Gasteiger partial charge in [0.1, 0.15) is 11.9 Å². The Balaban J connectivity index is 1.42. The summed E-state index contributed by atoms with van der Waals surface area (Å²) in [6.45, 7) is 3.80. The Hall–Kier alpha value is -2.90. The molecule has 2 saturated heterocycles. The summed E-state index contributed by atoms with van der Waals surface area (Å²) < 4.78 is 6.76. The van der Waals surface area contributed by atoms with Crippen molar-refractivity contribution in [1.82, 2.24) is 19.8 Å². The molecule has 3 aromatic rings. The molecule has 2 aliphatic rings. The van der Waals surface area contributed by atoms with Crippen LogP contribution in [0.4, 0.5) is 0 Å². The van der Waals surface area contributed by atoms with Crippen LogP contribution < -0.4 is 5.73 Å². The molecule has 4 N–H and O–H groups in total. The molecule has 1 aromatic heterocycles. The van der Waals surface area contributed by atoms with E-state index in [4.69, 9.17) is 20.9 Å². The zero-order valence-corrected chi connectivity index (χ0v) is 19.3. The van der Waals surface area contributed by atoms with Crippen molar-refractivity contribution in [2.75, 3.05) is 33.2 Å². The third kappa shape index (κ3) is 4.89. The highest BCUT2D eigenvalue weighted by Gasteiger charge is 2.27. The molecule has 1 unspecified atom stereocenters. The van der Waals surface area contributed by atoms with Gasteiger partial charge in [0.05, 0.1) is 17.1 Å². The molecule has 0 radical (unpaired) electrons. The third-order valence-corrected chi connectivity index (χ3v) is 7.17. The van der Waals surface area contributed by atoms with Crippen molar-refractivity contribution in [3.05, 3.63) is 65.5 Å². The molecule has 7 nitrogen and oxygen atoms in total. The number of likely N-dealkylation sites (tertiary alicyclic amines) is 2. The topological polar surface area (TPSA) is 94.3 Å². The number of fused-ring (bicyclic) bond motifs is 1. The highest BCUT2D eigenvalue weighted by molar-refractivity contribution is 5.75. The van der Waals surface area contributed by atoms with Crippen LogP contribution in [0.5, 0.6) is 0 Å². The average Bonchev–Trinajstić information content (AvgIpc) is 3.28. The smallest absolute Gasteiger partial charge is 0.188 e. The van der Waals surface area contributed by atoms with Crippen molar-refractivity contribution in [3.8, 4) is 0 Å². The van der Waals surface area contributed by atoms with E-state index in [0.29, 0.717) is 5.92 Å². The number of ether oxygens (including phenoxy) is 1. The molecular formula is C26H34N6O. The molecule has 0 saturated carbocycles. The molecule has 5 rings (SSSR count). The zero-order valence-electron chi connectivity index (χ0n) is 19.3. The molecule has 7 heteroatoms. The number of guanidine groups is 1. The van der Waals surface area contributed by atoms with E-state index in [1.807, 2.05) is 23.1 Å². The van der Waals surface area contributed by atoms with Gasteiger partial charge in [0.25, 0.3) is 0 Å². The van der Waals surface area contributed by atoms with Crippen LogP contribution in [-0.2, 0) is 4.74 Å². The van der Waals surface area contributed by atoms with Gasteiger partial charge in [0.2, 0.25) is 0 Å². The van der Waals surface area contributed by atoms with Gasteiger partial charge >= 0.3 is 0 Å². The lowest BCUT2D eigenvalue weighted by molar-refractivity contribution is -0.0264. The van der Waals surface area contributed by atoms with Crippen molar-refractivity contribution in [2.45, 2.75) is 43.8 Å². The molecular weight excluding hydrogens is 412 g/mol. The van der Waals surface area contributed by atoms with E-state index in [-0.39, 0.29) is 18.2 Å². The van der Waals surface area contributed by atoms with E-state index in [0.717, 1.165) is 74.3 Å². The fourth-order valence-corrected chi connectivity index (χ4v) is 5.14. The lowest BCUT2D eigenvalue weighted by Crippen LogP contribution is -2.41. The second-order valence-electron chi connectivity index (χ2n) is 9.47. The van der Waals surface area contributed by atoms with Crippen LogP contribution in [-0.4, -0.2) is 65.1 Å². The summed E-state index contributed by atoms with van der Waals surface area (Å²) in [6.07, 6.45) is 4.10. The Labute approximate surface area is 195 Å². The van der Waals surface area contributed by atoms with Gasteiger partial charge in [-0.15, -0.1) is 0 Å². The fourth-order valence-electron chi connectivity index (χ4n) is 5.14. The van der Waals surface area contributed by atoms with Crippen LogP contribution in [0, 0.1) is 5.41 Å². The summed E-state index contributed by atoms with van der Waals surface area (Å²) in [4.78, 5) is 12.7. The normalized spacial score (nSPS) is 19.7. The van der Waals surface area contributed by atoms with Crippen molar-refractivity contribution in [3.63, 3.8) is 0 Å². The first-order valence-electron chi connectivity index (χ1n) is 12.0. The van der Waals surface area contributed by atoms with Crippen LogP contribution in [0.2, 0.25) is 0 Å². The number of piperidine rings is 2. The molecule has 0 amide bonds. The second kappa shape index (κ2) is 9.53. The lowest BCUT2D eigenvalue weighted by atomic mass is 9.88. The predicted molar refractivity (Wildman–Crippen MR) is 131 cm³/mol. The molecule has 0 bridgehead atoms. The summed E-state index contributed by atoms with van der Waals surface area (Å²) in [5, 5.41) is 7.70. The van der Waals surface area contributed by atoms with Crippen LogP contribution in [0.3, 0.4) is 0 Å². The van der Waals surface area contributed by atoms with Crippen LogP contribution >= 0.6 is 0 Å². The van der Waals surface area contributed by atoms with Crippen LogP contribution in [0.25, 0.3) is 11.0 Å². The summed E-state index contributed by atoms with van der Waals surface area (Å²) in [5.74, 6) is 1.53. The SMILES string of the molecule is CN1CCC(OC(c2cccc(C3CCN(C(=N)N)CC3)c2)c2nc3ccccc3[nH]2)CC1. The number of nitrogens with zero attached hydrogens (tertiary/aromatic N) is 3. The number of rotatable bonds is 5. The van der Waals surface area contributed by atoms with Gasteiger partial charge in [-0.3, -0.25) is 5.41 Å². The maximum Gasteiger partial charge on any atom is 0.188 e. The summed E-state index contributed by atoms with van der Waals surface area (Å²) in [7, 11) is 2.17. The maximum atomic E-state index is 7.70. The number of aromatic amines is 1. The van der Waals surface area contributed by atoms with Gasteiger partial charge in [-0.05, 0) is 61.9 Å². The number of para-hydroxylation sites is 2. The maximum absolute atomic E-state index is 7.70. The Morgan fingerprint density at radius 3 is 2.55 bits per heavy atom. The van der Waals surface area contributed by atoms with E-state index in [1.165, 1.54) is 5.56 Å². The van der Waals surface area contributed by atoms with Crippen molar-refractivity contribution in [1.29, 1.82) is 5.41 Å². The number of H-pyrrole nitrogens is 1. The fraction of sp³-hybridized carbons (Fsp3) is 0.462. The predicted octanol–water partition coefficient (Wildman–Crippen LogP) is 3.84. The van der Waals surface area contributed by atoms with Gasteiger partial charge in [-0.2, -0.15) is 0 Å². The van der Waals surface area contributed by atoms with Gasteiger partial charge in [-0.25, -0.2) is 4.98 Å². The average molecular weight is 447 g/mol. The van der Waals surface area contributed by atoms with E-state index in [9.17, 15) is 0 Å². The van der Waals surface area contributed by atoms with Gasteiger partial charge in [0.15, 0.2) is 5.96 Å². The van der Waals surface area contributed by atoms with Crippen molar-refractivity contribution >= 4 is 17.0 Å². The summed E-state index contributed by atoms with van der Waals surface area (Å²) >= 11 is 0. The van der Waals surface area contributed by atoms with E-state index < -0.39 is 0 Å². The number of nitrogens with one attached hydrogen (secondary N) is 2. The van der Waals surface area contributed by atoms with E-state index in [2.05, 4.69) is 47.3 Å². The molecule has 2 aromatic carbocycles. The molecule has 1 atom stereocenters. The molecule has 0 aliphatic carbocycles. The standard InChI is InChI=1S/C26H34N6O/c1-31-13-11-21(12-14-31)33-24(25-29-22-7-2-3-8-23(22)30-25)20-6-4-5-19(17-20)18-9-15-32(16-10-18)26(27)28/h2-8,17-18,21,24H,9-16H2,1H3,(H3,27,28)(H,29,30). The number of nitrogens with two attached hydrogens (primary N) is 1. The Kier molecular flexibility index (Phi) is 6.33. The van der Waals surface area contributed by atoms with Gasteiger partial charge in [-0.1, -0.05) is 36.4 Å². The number of hydrogen-bond donors (Lipinski definition) is 3. The van der Waals surface area contributed by atoms with E-state index >= 15 is 0 Å². The second-order valence-corrected chi connectivity index (χ2v) is 9.47. The van der Waals surface area contributed by atoms with Gasteiger partial charge < -0.3 is 25.3 Å². The van der Waals surface area contributed by atoms with Crippen LogP contribution in [0.1, 0.15) is 54.7 Å². The highest BCUT2D eigenvalue weighted by Crippen LogP contribution is 2.34. The Bertz CT molecular complexity index is 1060. The number of aromatic nitrogens is 2. The molecule has 2 aliphatic heterocycles. The molecule has 0 spiro atoms. The van der Waals surface area contributed by atoms with Crippen LogP contribution in [0.15, 0.2) is 48.5 Å². The quantitative estimate of drug-likeness (QED) is 0.409. The highest BCUT2D eigenvalue weighted by atomic mass is 16.5. The molecule has 174 valence electrons. The molecule has 3 heterocycles. The molecule has 2 fully saturated rings. The summed E-state index contributed by atoms with van der Waals surface area (Å²) in [6, 6.07) is 17.0. The number of hydrogen-bond acceptors (Lipinski definition) is 4. The third-order valence-electron chi connectivity index (χ3n) is 7.17. The Morgan fingerprint density at radius 2 is 1.82 bits per heavy atom. The van der Waals surface area contributed by atoms with Gasteiger partial charge in [0, 0.05) is 26.2 Å². The van der Waals surface area contributed by atoms with Crippen molar-refractivity contribution in [2.24, 2.45) is 5.73 Å². The monoisotopic (exact) mass is 446 g/mol. The first-order valence-corrected chi connectivity index (χ1v) is 12.0. The first kappa shape index (κ1) is 21.9. The minimum Gasteiger partial charge on any atom is -0.370 e. The lowest BCUT2D eigenvalue weighted by Gasteiger charge is -2.33. The molecule has 33 heavy (non-hydrogen) atoms. The minimum absolute atomic E-state index is 0.179. The van der Waals surface area contributed by atoms with Crippen molar-refractivity contribution < 1.29 is 4.74 Å². The Morgan fingerprint density at radius 1 is 1.06 bits per heavy atom. The first-order chi connectivity index (χ1) is 16.1. The largest absolute Gasteiger partial charge is 0.370 e. The number of imidazole rings is 1. The minimum atomic E-state index is -0.219.